The molecule has 0 radical (unpaired) electrons. The van der Waals surface area contributed by atoms with Crippen LogP contribution in [-0.2, 0) is 6.42 Å². The number of hydrogen-bond donors (Lipinski definition) is 0. The predicted octanol–water partition coefficient (Wildman–Crippen LogP) is 6.54. The van der Waals surface area contributed by atoms with Crippen molar-refractivity contribution in [2.75, 3.05) is 13.7 Å². The van der Waals surface area contributed by atoms with Crippen LogP contribution in [0.15, 0.2) is 108 Å². The number of para-hydroxylation sites is 1. The highest BCUT2D eigenvalue weighted by Crippen LogP contribution is 2.29. The quantitative estimate of drug-likeness (QED) is 0.217. The molecule has 40 heavy (non-hydrogen) atoms. The second-order valence-corrected chi connectivity index (χ2v) is 9.85. The van der Waals surface area contributed by atoms with Crippen molar-refractivity contribution in [2.24, 2.45) is 0 Å². The Morgan fingerprint density at radius 3 is 2.38 bits per heavy atom. The summed E-state index contributed by atoms with van der Waals surface area (Å²) in [4.78, 5) is 35.1. The van der Waals surface area contributed by atoms with Crippen LogP contribution in [0.3, 0.4) is 0 Å². The van der Waals surface area contributed by atoms with E-state index in [0.717, 1.165) is 16.8 Å². The number of carbonyl (C=O) groups is 1. The maximum atomic E-state index is 14.2. The Hall–Kier alpha value is -4.71. The molecule has 1 atom stereocenters. The van der Waals surface area contributed by atoms with Crippen molar-refractivity contribution in [3.8, 4) is 11.4 Å². The van der Waals surface area contributed by atoms with Gasteiger partial charge in [0.05, 0.1) is 29.7 Å². The molecule has 0 bridgehead atoms. The molecule has 202 valence electrons. The lowest BCUT2D eigenvalue weighted by atomic mass is 10.1. The minimum atomic E-state index is -0.457. The van der Waals surface area contributed by atoms with Gasteiger partial charge in [0, 0.05) is 12.1 Å². The molecule has 5 rings (SSSR count). The van der Waals surface area contributed by atoms with Crippen LogP contribution in [0, 0.1) is 6.92 Å². The zero-order chi connectivity index (χ0) is 28.1. The van der Waals surface area contributed by atoms with Gasteiger partial charge in [-0.2, -0.15) is 0 Å². The lowest BCUT2D eigenvalue weighted by Crippen LogP contribution is -2.39. The Kier molecular flexibility index (Phi) is 8.06. The van der Waals surface area contributed by atoms with E-state index in [2.05, 4.69) is 12.1 Å². The minimum absolute atomic E-state index is 0.139. The Bertz CT molecular complexity index is 1680. The van der Waals surface area contributed by atoms with Crippen molar-refractivity contribution in [3.05, 3.63) is 136 Å². The second-order valence-electron chi connectivity index (χ2n) is 9.85. The second kappa shape index (κ2) is 12.0. The van der Waals surface area contributed by atoms with E-state index in [1.54, 1.807) is 29.9 Å². The molecule has 1 heterocycles. The van der Waals surface area contributed by atoms with E-state index < -0.39 is 6.04 Å². The summed E-state index contributed by atoms with van der Waals surface area (Å²) in [6.45, 7) is 4.49. The van der Waals surface area contributed by atoms with Gasteiger partial charge >= 0.3 is 0 Å². The fourth-order valence-corrected chi connectivity index (χ4v) is 5.07. The molecular formula is C34H33N3O3. The number of aryl methyl sites for hydroxylation is 1. The van der Waals surface area contributed by atoms with Gasteiger partial charge in [-0.15, -0.1) is 0 Å². The lowest BCUT2D eigenvalue weighted by Gasteiger charge is -2.32. The monoisotopic (exact) mass is 531 g/mol. The molecule has 1 unspecified atom stereocenters. The van der Waals surface area contributed by atoms with Crippen molar-refractivity contribution in [2.45, 2.75) is 32.7 Å². The summed E-state index contributed by atoms with van der Waals surface area (Å²) >= 11 is 0. The van der Waals surface area contributed by atoms with Gasteiger partial charge in [0.2, 0.25) is 0 Å². The van der Waals surface area contributed by atoms with Crippen molar-refractivity contribution < 1.29 is 9.53 Å². The molecule has 1 aromatic heterocycles. The molecule has 0 fully saturated rings. The van der Waals surface area contributed by atoms with E-state index in [9.17, 15) is 9.59 Å². The highest BCUT2D eigenvalue weighted by Gasteiger charge is 2.30. The zero-order valence-corrected chi connectivity index (χ0v) is 23.1. The minimum Gasteiger partial charge on any atom is -0.497 e. The summed E-state index contributed by atoms with van der Waals surface area (Å²) in [5.41, 5.74) is 3.93. The number of hydrogen-bond acceptors (Lipinski definition) is 4. The van der Waals surface area contributed by atoms with Crippen LogP contribution < -0.4 is 10.3 Å². The molecule has 5 aromatic rings. The van der Waals surface area contributed by atoms with E-state index in [4.69, 9.17) is 9.72 Å². The maximum Gasteiger partial charge on any atom is 0.266 e. The predicted molar refractivity (Wildman–Crippen MR) is 159 cm³/mol. The molecule has 0 saturated carbocycles. The van der Waals surface area contributed by atoms with Crippen LogP contribution in [0.25, 0.3) is 16.6 Å². The molecule has 0 aliphatic carbocycles. The Morgan fingerprint density at radius 1 is 0.925 bits per heavy atom. The van der Waals surface area contributed by atoms with Gasteiger partial charge in [-0.05, 0) is 67.8 Å². The first-order chi connectivity index (χ1) is 19.5. The highest BCUT2D eigenvalue weighted by atomic mass is 16.5. The van der Waals surface area contributed by atoms with E-state index in [-0.39, 0.29) is 11.5 Å². The van der Waals surface area contributed by atoms with Gasteiger partial charge in [0.15, 0.2) is 0 Å². The number of ether oxygens (including phenoxy) is 1. The third kappa shape index (κ3) is 5.52. The van der Waals surface area contributed by atoms with E-state index in [0.29, 0.717) is 47.4 Å². The third-order valence-corrected chi connectivity index (χ3v) is 7.22. The van der Waals surface area contributed by atoms with Crippen LogP contribution in [0.1, 0.15) is 46.7 Å². The molecule has 1 amide bonds. The smallest absolute Gasteiger partial charge is 0.266 e. The first kappa shape index (κ1) is 26.9. The van der Waals surface area contributed by atoms with Crippen LogP contribution in [-0.4, -0.2) is 34.0 Å². The fourth-order valence-electron chi connectivity index (χ4n) is 5.07. The van der Waals surface area contributed by atoms with Crippen molar-refractivity contribution in [3.63, 3.8) is 0 Å². The lowest BCUT2D eigenvalue weighted by molar-refractivity contribution is 0.0661. The largest absolute Gasteiger partial charge is 0.497 e. The number of rotatable bonds is 9. The molecule has 0 spiro atoms. The normalized spacial score (nSPS) is 11.8. The first-order valence-corrected chi connectivity index (χ1v) is 13.6. The summed E-state index contributed by atoms with van der Waals surface area (Å²) in [7, 11) is 1.59. The topological polar surface area (TPSA) is 64.4 Å². The number of aromatic nitrogens is 2. The molecule has 4 aromatic carbocycles. The standard InChI is InChI=1S/C34H33N3O3/c1-4-31(32-35-30-16-9-8-15-29(30)34(39)37(32)27-19-17-24(2)18-20-27)36(22-21-25-11-6-5-7-12-25)33(38)26-13-10-14-28(23-26)40-3/h5-20,23,31H,4,21-22H2,1-3H3. The van der Waals surface area contributed by atoms with E-state index >= 15 is 0 Å². The number of methoxy groups -OCH3 is 1. The van der Waals surface area contributed by atoms with Gasteiger partial charge in [0.25, 0.3) is 11.5 Å². The van der Waals surface area contributed by atoms with Gasteiger partial charge in [-0.25, -0.2) is 4.98 Å². The SMILES string of the molecule is CCC(c1nc2ccccc2c(=O)n1-c1ccc(C)cc1)N(CCc1ccccc1)C(=O)c1cccc(OC)c1. The summed E-state index contributed by atoms with van der Waals surface area (Å²) < 4.78 is 7.08. The number of nitrogens with zero attached hydrogens (tertiary/aromatic N) is 3. The van der Waals surface area contributed by atoms with Crippen molar-refractivity contribution in [1.29, 1.82) is 0 Å². The van der Waals surface area contributed by atoms with Crippen LogP contribution in [0.2, 0.25) is 0 Å². The van der Waals surface area contributed by atoms with Crippen LogP contribution in [0.5, 0.6) is 5.75 Å². The molecule has 6 heteroatoms. The van der Waals surface area contributed by atoms with E-state index in [1.807, 2.05) is 91.5 Å². The molecule has 0 aliphatic heterocycles. The van der Waals surface area contributed by atoms with Gasteiger partial charge < -0.3 is 9.64 Å². The number of amides is 1. The number of benzene rings is 4. The third-order valence-electron chi connectivity index (χ3n) is 7.22. The van der Waals surface area contributed by atoms with Crippen molar-refractivity contribution in [1.82, 2.24) is 14.5 Å². The Morgan fingerprint density at radius 2 is 1.65 bits per heavy atom. The van der Waals surface area contributed by atoms with Crippen LogP contribution in [0.4, 0.5) is 0 Å². The average Bonchev–Trinajstić information content (AvgIpc) is 3.00. The van der Waals surface area contributed by atoms with Gasteiger partial charge in [-0.1, -0.05) is 73.2 Å². The summed E-state index contributed by atoms with van der Waals surface area (Å²) in [6.07, 6.45) is 1.23. The molecule has 0 N–H and O–H groups in total. The van der Waals surface area contributed by atoms with Gasteiger partial charge in [0.1, 0.15) is 11.6 Å². The molecule has 6 nitrogen and oxygen atoms in total. The first-order valence-electron chi connectivity index (χ1n) is 13.6. The van der Waals surface area contributed by atoms with Crippen molar-refractivity contribution >= 4 is 16.8 Å². The molecular weight excluding hydrogens is 498 g/mol. The molecule has 0 saturated heterocycles. The molecule has 0 aliphatic rings. The fraction of sp³-hybridized carbons (Fsp3) is 0.206. The highest BCUT2D eigenvalue weighted by molar-refractivity contribution is 5.95. The van der Waals surface area contributed by atoms with Crippen LogP contribution >= 0.6 is 0 Å². The number of fused-ring (bicyclic) bond motifs is 1. The Balaban J connectivity index is 1.68. The van der Waals surface area contributed by atoms with Gasteiger partial charge in [-0.3, -0.25) is 14.2 Å². The maximum absolute atomic E-state index is 14.2. The summed E-state index contributed by atoms with van der Waals surface area (Å²) in [6, 6.07) is 32.1. The van der Waals surface area contributed by atoms with E-state index in [1.165, 1.54) is 0 Å². The average molecular weight is 532 g/mol. The summed E-state index contributed by atoms with van der Waals surface area (Å²) in [5, 5.41) is 0.539. The summed E-state index contributed by atoms with van der Waals surface area (Å²) in [5.74, 6) is 1.02. The Labute approximate surface area is 234 Å². The zero-order valence-electron chi connectivity index (χ0n) is 23.1. The number of carbonyl (C=O) groups excluding carboxylic acids is 1.